The van der Waals surface area contributed by atoms with Crippen molar-refractivity contribution in [2.75, 3.05) is 44.6 Å². The first-order valence-corrected chi connectivity index (χ1v) is 9.59. The topological polar surface area (TPSA) is 57.7 Å². The minimum absolute atomic E-state index is 0.0361. The van der Waals surface area contributed by atoms with Crippen LogP contribution in [-0.4, -0.2) is 72.2 Å². The summed E-state index contributed by atoms with van der Waals surface area (Å²) in [5.74, 6) is 0.485. The maximum atomic E-state index is 12.5. The number of carbonyl (C=O) groups excluding carboxylic acids is 1. The molecule has 1 aromatic heterocycles. The Morgan fingerprint density at radius 2 is 2.08 bits per heavy atom. The summed E-state index contributed by atoms with van der Waals surface area (Å²) in [6.07, 6.45) is 7.93. The summed E-state index contributed by atoms with van der Waals surface area (Å²) in [5.41, 5.74) is 0.734. The number of likely N-dealkylation sites (tertiary alicyclic amines) is 2. The molecular weight excluding hydrogens is 316 g/mol. The van der Waals surface area contributed by atoms with Crippen LogP contribution in [0.2, 0.25) is 0 Å². The van der Waals surface area contributed by atoms with E-state index in [1.165, 1.54) is 32.5 Å². The van der Waals surface area contributed by atoms with Crippen LogP contribution < -0.4 is 5.32 Å². The Labute approximate surface area is 149 Å². The third kappa shape index (κ3) is 4.19. The number of carbonyl (C=O) groups is 1. The summed E-state index contributed by atoms with van der Waals surface area (Å²) in [6.45, 7) is 6.91. The van der Waals surface area contributed by atoms with Crippen LogP contribution in [0.3, 0.4) is 0 Å². The van der Waals surface area contributed by atoms with Gasteiger partial charge in [-0.05, 0) is 63.4 Å². The van der Waals surface area contributed by atoms with Gasteiger partial charge >= 0.3 is 0 Å². The van der Waals surface area contributed by atoms with E-state index >= 15 is 0 Å². The first-order valence-electron chi connectivity index (χ1n) is 9.59. The van der Waals surface area contributed by atoms with Crippen molar-refractivity contribution in [1.29, 1.82) is 0 Å². The molecule has 0 bridgehead atoms. The molecule has 3 saturated heterocycles. The summed E-state index contributed by atoms with van der Waals surface area (Å²) in [7, 11) is 0. The highest BCUT2D eigenvalue weighted by Gasteiger charge is 2.41. The third-order valence-electron chi connectivity index (χ3n) is 5.79. The molecule has 3 atom stereocenters. The van der Waals surface area contributed by atoms with E-state index in [0.717, 1.165) is 38.2 Å². The molecule has 136 valence electrons. The zero-order chi connectivity index (χ0) is 17.1. The number of amides is 1. The summed E-state index contributed by atoms with van der Waals surface area (Å²) in [6, 6.07) is 3.68. The predicted molar refractivity (Wildman–Crippen MR) is 96.4 cm³/mol. The minimum Gasteiger partial charge on any atom is -0.364 e. The Morgan fingerprint density at radius 3 is 2.88 bits per heavy atom. The molecule has 0 saturated carbocycles. The molecule has 1 aromatic rings. The molecular formula is C19H28N4O2. The first-order chi connectivity index (χ1) is 12.3. The predicted octanol–water partition coefficient (Wildman–Crippen LogP) is 1.60. The van der Waals surface area contributed by atoms with E-state index < -0.39 is 0 Å². The van der Waals surface area contributed by atoms with Crippen LogP contribution in [0.4, 0.5) is 5.69 Å². The van der Waals surface area contributed by atoms with Crippen molar-refractivity contribution >= 4 is 11.6 Å². The van der Waals surface area contributed by atoms with E-state index in [4.69, 9.17) is 4.74 Å². The van der Waals surface area contributed by atoms with Crippen molar-refractivity contribution in [3.8, 4) is 0 Å². The quantitative estimate of drug-likeness (QED) is 0.879. The molecule has 3 fully saturated rings. The van der Waals surface area contributed by atoms with E-state index in [2.05, 4.69) is 20.1 Å². The molecule has 25 heavy (non-hydrogen) atoms. The number of ether oxygens (including phenoxy) is 1. The number of nitrogens with one attached hydrogen (secondary N) is 1. The fourth-order valence-electron chi connectivity index (χ4n) is 4.31. The lowest BCUT2D eigenvalue weighted by atomic mass is 9.91. The number of hydrogen-bond donors (Lipinski definition) is 1. The van der Waals surface area contributed by atoms with Gasteiger partial charge in [-0.2, -0.15) is 0 Å². The number of aromatic nitrogens is 1. The van der Waals surface area contributed by atoms with Crippen LogP contribution in [0, 0.1) is 5.92 Å². The smallest absolute Gasteiger partial charge is 0.253 e. The maximum absolute atomic E-state index is 12.5. The van der Waals surface area contributed by atoms with Gasteiger partial charge in [-0.1, -0.05) is 0 Å². The molecule has 3 aliphatic heterocycles. The number of anilines is 1. The molecule has 0 aliphatic carbocycles. The number of hydrogen-bond acceptors (Lipinski definition) is 5. The second-order valence-electron chi connectivity index (χ2n) is 7.53. The maximum Gasteiger partial charge on any atom is 0.253 e. The van der Waals surface area contributed by atoms with E-state index in [9.17, 15) is 4.79 Å². The van der Waals surface area contributed by atoms with Crippen LogP contribution in [-0.2, 0) is 9.53 Å². The Morgan fingerprint density at radius 1 is 1.24 bits per heavy atom. The molecule has 0 unspecified atom stereocenters. The lowest BCUT2D eigenvalue weighted by Crippen LogP contribution is -2.45. The number of pyridine rings is 1. The molecule has 6 heteroatoms. The van der Waals surface area contributed by atoms with E-state index in [1.54, 1.807) is 12.4 Å². The first kappa shape index (κ1) is 16.9. The highest BCUT2D eigenvalue weighted by atomic mass is 16.5. The molecule has 3 aliphatic rings. The lowest BCUT2D eigenvalue weighted by Gasteiger charge is -2.34. The van der Waals surface area contributed by atoms with Gasteiger partial charge in [0.05, 0.1) is 18.0 Å². The monoisotopic (exact) mass is 344 g/mol. The number of fused-ring (bicyclic) bond motifs is 1. The van der Waals surface area contributed by atoms with Crippen molar-refractivity contribution in [1.82, 2.24) is 14.8 Å². The highest BCUT2D eigenvalue weighted by Crippen LogP contribution is 2.33. The third-order valence-corrected chi connectivity index (χ3v) is 5.79. The molecule has 1 amide bonds. The van der Waals surface area contributed by atoms with Crippen LogP contribution in [0.15, 0.2) is 24.5 Å². The van der Waals surface area contributed by atoms with Crippen LogP contribution in [0.1, 0.15) is 25.7 Å². The highest BCUT2D eigenvalue weighted by molar-refractivity contribution is 5.94. The summed E-state index contributed by atoms with van der Waals surface area (Å²) in [5, 5.41) is 2.92. The number of piperidine rings is 1. The normalized spacial score (nSPS) is 30.3. The fraction of sp³-hybridized carbons (Fsp3) is 0.684. The van der Waals surface area contributed by atoms with Gasteiger partial charge in [0.2, 0.25) is 0 Å². The van der Waals surface area contributed by atoms with Crippen LogP contribution in [0.25, 0.3) is 0 Å². The van der Waals surface area contributed by atoms with E-state index in [-0.39, 0.29) is 18.1 Å². The van der Waals surface area contributed by atoms with Gasteiger partial charge in [0, 0.05) is 25.8 Å². The van der Waals surface area contributed by atoms with Crippen LogP contribution >= 0.6 is 0 Å². The van der Waals surface area contributed by atoms with Gasteiger partial charge in [0.1, 0.15) is 6.10 Å². The Kier molecular flexibility index (Phi) is 5.29. The van der Waals surface area contributed by atoms with Crippen molar-refractivity contribution < 1.29 is 9.53 Å². The summed E-state index contributed by atoms with van der Waals surface area (Å²) in [4.78, 5) is 21.6. The second-order valence-corrected chi connectivity index (χ2v) is 7.53. The SMILES string of the molecule is O=C(Nc1cccnc1)[C@@H]1C[C@@H]2CCN(CCN3CCCC3)C[C@@H]2O1. The standard InChI is InChI=1S/C19H28N4O2/c24-19(21-16-4-3-6-20-13-16)17-12-15-5-9-23(14-18(15)25-17)11-10-22-7-1-2-8-22/h3-4,6,13,15,17-18H,1-2,5,7-12,14H2,(H,21,24)/t15-,17-,18-/m0/s1. The Balaban J connectivity index is 1.25. The van der Waals surface area contributed by atoms with E-state index in [1.807, 2.05) is 12.1 Å². The zero-order valence-corrected chi connectivity index (χ0v) is 14.8. The van der Waals surface area contributed by atoms with Crippen molar-refractivity contribution in [2.45, 2.75) is 37.9 Å². The van der Waals surface area contributed by atoms with Gasteiger partial charge in [-0.25, -0.2) is 0 Å². The average molecular weight is 344 g/mol. The molecule has 4 rings (SSSR count). The lowest BCUT2D eigenvalue weighted by molar-refractivity contribution is -0.127. The van der Waals surface area contributed by atoms with Crippen molar-refractivity contribution in [3.05, 3.63) is 24.5 Å². The van der Waals surface area contributed by atoms with Gasteiger partial charge in [0.15, 0.2) is 0 Å². The van der Waals surface area contributed by atoms with Crippen LogP contribution in [0.5, 0.6) is 0 Å². The van der Waals surface area contributed by atoms with Gasteiger partial charge in [0.25, 0.3) is 5.91 Å². The Hall–Kier alpha value is -1.50. The summed E-state index contributed by atoms with van der Waals surface area (Å²) >= 11 is 0. The second kappa shape index (κ2) is 7.81. The molecule has 0 radical (unpaired) electrons. The zero-order valence-electron chi connectivity index (χ0n) is 14.8. The molecule has 0 spiro atoms. The largest absolute Gasteiger partial charge is 0.364 e. The molecule has 1 N–H and O–H groups in total. The van der Waals surface area contributed by atoms with Crippen molar-refractivity contribution in [3.63, 3.8) is 0 Å². The average Bonchev–Trinajstić information content (AvgIpc) is 3.30. The van der Waals surface area contributed by atoms with Gasteiger partial charge < -0.3 is 15.0 Å². The van der Waals surface area contributed by atoms with Crippen molar-refractivity contribution in [2.24, 2.45) is 5.92 Å². The van der Waals surface area contributed by atoms with E-state index in [0.29, 0.717) is 5.92 Å². The molecule has 0 aromatic carbocycles. The van der Waals surface area contributed by atoms with Gasteiger partial charge in [-0.15, -0.1) is 0 Å². The molecule has 4 heterocycles. The minimum atomic E-state index is -0.325. The van der Waals surface area contributed by atoms with Gasteiger partial charge in [-0.3, -0.25) is 14.7 Å². The summed E-state index contributed by atoms with van der Waals surface area (Å²) < 4.78 is 6.11. The molecule has 6 nitrogen and oxygen atoms in total. The number of rotatable bonds is 5. The fourth-order valence-corrected chi connectivity index (χ4v) is 4.31. The number of nitrogens with zero attached hydrogens (tertiary/aromatic N) is 3. The Bertz CT molecular complexity index is 576.